The molecule has 1 heterocycles. The second-order valence-electron chi connectivity index (χ2n) is 7.94. The van der Waals surface area contributed by atoms with Crippen molar-refractivity contribution in [3.8, 4) is 11.6 Å². The molecule has 1 fully saturated rings. The van der Waals surface area contributed by atoms with Gasteiger partial charge in [-0.2, -0.15) is 0 Å². The maximum atomic E-state index is 12.4. The van der Waals surface area contributed by atoms with Gasteiger partial charge in [-0.1, -0.05) is 6.07 Å². The van der Waals surface area contributed by atoms with E-state index in [1.54, 1.807) is 7.11 Å². The van der Waals surface area contributed by atoms with Gasteiger partial charge in [-0.15, -0.1) is 0 Å². The number of aromatic nitrogens is 1. The zero-order chi connectivity index (χ0) is 20.5. The molecular weight excluding hydrogens is 366 g/mol. The molecule has 2 N–H and O–H groups in total. The number of amides is 1. The number of aryl methyl sites for hydroxylation is 3. The molecule has 6 heteroatoms. The van der Waals surface area contributed by atoms with Gasteiger partial charge in [0.25, 0.3) is 5.91 Å². The first kappa shape index (κ1) is 19.4. The summed E-state index contributed by atoms with van der Waals surface area (Å²) in [4.78, 5) is 16.9. The number of nitrogens with one attached hydrogen (secondary N) is 2. The number of fused-ring (bicyclic) bond motifs is 1. The van der Waals surface area contributed by atoms with Crippen molar-refractivity contribution in [2.75, 3.05) is 13.7 Å². The fraction of sp³-hybridized carbons (Fsp3) is 0.435. The van der Waals surface area contributed by atoms with E-state index in [9.17, 15) is 4.79 Å². The van der Waals surface area contributed by atoms with E-state index in [1.807, 2.05) is 38.1 Å². The summed E-state index contributed by atoms with van der Waals surface area (Å²) in [6.07, 6.45) is 3.98. The highest BCUT2D eigenvalue weighted by atomic mass is 16.5. The van der Waals surface area contributed by atoms with Gasteiger partial charge in [-0.25, -0.2) is 4.98 Å². The summed E-state index contributed by atoms with van der Waals surface area (Å²) in [5.74, 6) is 1.49. The Morgan fingerprint density at radius 2 is 2.03 bits per heavy atom. The highest BCUT2D eigenvalue weighted by Crippen LogP contribution is 2.35. The molecule has 1 aromatic heterocycles. The molecule has 4 rings (SSSR count). The number of nitrogens with zero attached hydrogens (tertiary/aromatic N) is 1. The molecule has 1 saturated carbocycles. The van der Waals surface area contributed by atoms with E-state index in [1.165, 1.54) is 5.56 Å². The van der Waals surface area contributed by atoms with Gasteiger partial charge in [0.2, 0.25) is 5.88 Å². The zero-order valence-corrected chi connectivity index (χ0v) is 17.2. The number of ether oxygens (including phenoxy) is 2. The first-order valence-electron chi connectivity index (χ1n) is 10.1. The van der Waals surface area contributed by atoms with Crippen molar-refractivity contribution in [1.29, 1.82) is 5.41 Å². The number of rotatable bonds is 7. The van der Waals surface area contributed by atoms with E-state index >= 15 is 0 Å². The Morgan fingerprint density at radius 1 is 1.24 bits per heavy atom. The molecule has 1 unspecified atom stereocenters. The monoisotopic (exact) mass is 393 g/mol. The van der Waals surface area contributed by atoms with Crippen molar-refractivity contribution >= 4 is 11.6 Å². The summed E-state index contributed by atoms with van der Waals surface area (Å²) in [6.45, 7) is 3.79. The lowest BCUT2D eigenvalue weighted by Gasteiger charge is -2.16. The number of carbonyl (C=O) groups is 1. The average molecular weight is 393 g/mol. The Morgan fingerprint density at radius 3 is 2.72 bits per heavy atom. The van der Waals surface area contributed by atoms with Crippen LogP contribution in [0.1, 0.15) is 53.3 Å². The van der Waals surface area contributed by atoms with E-state index in [-0.39, 0.29) is 18.6 Å². The Hall–Kier alpha value is -2.89. The van der Waals surface area contributed by atoms with Crippen molar-refractivity contribution in [3.05, 3.63) is 52.2 Å². The lowest BCUT2D eigenvalue weighted by molar-refractivity contribution is -0.123. The minimum atomic E-state index is -0.162. The molecule has 2 aromatic rings. The Balaban J connectivity index is 1.36. The van der Waals surface area contributed by atoms with Gasteiger partial charge in [-0.3, -0.25) is 4.79 Å². The summed E-state index contributed by atoms with van der Waals surface area (Å²) < 4.78 is 10.9. The Kier molecular flexibility index (Phi) is 5.26. The van der Waals surface area contributed by atoms with Crippen LogP contribution in [0.5, 0.6) is 11.6 Å². The molecule has 1 aromatic carbocycles. The van der Waals surface area contributed by atoms with Crippen LogP contribution in [-0.2, 0) is 11.2 Å². The van der Waals surface area contributed by atoms with Crippen LogP contribution in [0, 0.1) is 25.2 Å². The van der Waals surface area contributed by atoms with E-state index in [4.69, 9.17) is 14.9 Å². The maximum absolute atomic E-state index is 12.4. The van der Waals surface area contributed by atoms with Gasteiger partial charge < -0.3 is 20.2 Å². The lowest BCUT2D eigenvalue weighted by Crippen LogP contribution is -2.31. The van der Waals surface area contributed by atoms with Gasteiger partial charge in [0.15, 0.2) is 6.61 Å². The second kappa shape index (κ2) is 7.85. The summed E-state index contributed by atoms with van der Waals surface area (Å²) in [6, 6.07) is 7.81. The quantitative estimate of drug-likeness (QED) is 0.703. The van der Waals surface area contributed by atoms with E-state index in [0.29, 0.717) is 17.5 Å². The molecule has 0 spiro atoms. The molecule has 0 saturated heterocycles. The SMILES string of the molecule is COc1ccc2c(c1)CCC2NC(=O)COc1cc(C)c(C(=N)C2CC2)c(C)n1. The standard InChI is InChI=1S/C23H27N3O3/c1-13-10-21(25-14(2)22(13)23(24)15-4-5-15)29-12-20(27)26-19-9-6-16-11-17(28-3)7-8-18(16)19/h7-8,10-11,15,19,24H,4-6,9,12H2,1-3H3,(H,26,27). The fourth-order valence-corrected chi connectivity index (χ4v) is 4.10. The predicted octanol–water partition coefficient (Wildman–Crippen LogP) is 3.67. The largest absolute Gasteiger partial charge is 0.497 e. The van der Waals surface area contributed by atoms with Crippen molar-refractivity contribution in [3.63, 3.8) is 0 Å². The molecule has 0 bridgehead atoms. The number of carbonyl (C=O) groups excluding carboxylic acids is 1. The summed E-state index contributed by atoms with van der Waals surface area (Å²) >= 11 is 0. The van der Waals surface area contributed by atoms with Crippen LogP contribution >= 0.6 is 0 Å². The predicted molar refractivity (Wildman–Crippen MR) is 111 cm³/mol. The van der Waals surface area contributed by atoms with Crippen LogP contribution in [0.4, 0.5) is 0 Å². The Bertz CT molecular complexity index is 943. The second-order valence-corrected chi connectivity index (χ2v) is 7.94. The van der Waals surface area contributed by atoms with E-state index in [2.05, 4.69) is 10.3 Å². The van der Waals surface area contributed by atoms with Crippen LogP contribution in [0.15, 0.2) is 24.3 Å². The van der Waals surface area contributed by atoms with E-state index < -0.39 is 0 Å². The average Bonchev–Trinajstić information content (AvgIpc) is 3.48. The molecule has 6 nitrogen and oxygen atoms in total. The summed E-state index contributed by atoms with van der Waals surface area (Å²) in [5.41, 5.74) is 5.72. The van der Waals surface area contributed by atoms with Gasteiger partial charge in [0.1, 0.15) is 5.75 Å². The number of benzene rings is 1. The van der Waals surface area contributed by atoms with Crippen molar-refractivity contribution < 1.29 is 14.3 Å². The molecule has 152 valence electrons. The molecule has 1 atom stereocenters. The number of pyridine rings is 1. The highest BCUT2D eigenvalue weighted by Gasteiger charge is 2.29. The van der Waals surface area contributed by atoms with Gasteiger partial charge in [0.05, 0.1) is 18.8 Å². The maximum Gasteiger partial charge on any atom is 0.258 e. The molecule has 0 aliphatic heterocycles. The molecular formula is C23H27N3O3. The zero-order valence-electron chi connectivity index (χ0n) is 17.2. The normalized spacial score (nSPS) is 17.6. The topological polar surface area (TPSA) is 84.3 Å². The lowest BCUT2D eigenvalue weighted by atomic mass is 10.00. The summed E-state index contributed by atoms with van der Waals surface area (Å²) in [7, 11) is 1.66. The first-order chi connectivity index (χ1) is 14.0. The first-order valence-corrected chi connectivity index (χ1v) is 10.1. The minimum Gasteiger partial charge on any atom is -0.497 e. The molecule has 2 aliphatic carbocycles. The van der Waals surface area contributed by atoms with Gasteiger partial charge in [0, 0.05) is 23.3 Å². The van der Waals surface area contributed by atoms with Crippen LogP contribution < -0.4 is 14.8 Å². The number of hydrogen-bond donors (Lipinski definition) is 2. The van der Waals surface area contributed by atoms with Crippen LogP contribution in [0.3, 0.4) is 0 Å². The third-order valence-electron chi connectivity index (χ3n) is 5.74. The molecule has 2 aliphatic rings. The molecule has 1 amide bonds. The summed E-state index contributed by atoms with van der Waals surface area (Å²) in [5, 5.41) is 11.4. The molecule has 29 heavy (non-hydrogen) atoms. The van der Waals surface area contributed by atoms with Crippen LogP contribution in [-0.4, -0.2) is 30.3 Å². The van der Waals surface area contributed by atoms with Crippen LogP contribution in [0.2, 0.25) is 0 Å². The third kappa shape index (κ3) is 4.11. The highest BCUT2D eigenvalue weighted by molar-refractivity contribution is 6.03. The minimum absolute atomic E-state index is 0.00447. The number of methoxy groups -OCH3 is 1. The fourth-order valence-electron chi connectivity index (χ4n) is 4.10. The van der Waals surface area contributed by atoms with Gasteiger partial charge >= 0.3 is 0 Å². The van der Waals surface area contributed by atoms with Crippen molar-refractivity contribution in [2.24, 2.45) is 5.92 Å². The van der Waals surface area contributed by atoms with Gasteiger partial charge in [-0.05, 0) is 68.4 Å². The third-order valence-corrected chi connectivity index (χ3v) is 5.74. The smallest absolute Gasteiger partial charge is 0.258 e. The van der Waals surface area contributed by atoms with Crippen LogP contribution in [0.25, 0.3) is 0 Å². The van der Waals surface area contributed by atoms with Crippen molar-refractivity contribution in [2.45, 2.75) is 45.6 Å². The Labute approximate surface area is 171 Å². The van der Waals surface area contributed by atoms with E-state index in [0.717, 1.165) is 53.8 Å². The number of hydrogen-bond acceptors (Lipinski definition) is 5. The van der Waals surface area contributed by atoms with Crippen molar-refractivity contribution in [1.82, 2.24) is 10.3 Å². The molecule has 0 radical (unpaired) electrons.